The van der Waals surface area contributed by atoms with Crippen LogP contribution in [0.5, 0.6) is 0 Å². The van der Waals surface area contributed by atoms with Crippen molar-refractivity contribution in [1.29, 1.82) is 0 Å². The predicted octanol–water partition coefficient (Wildman–Crippen LogP) is 3.87. The monoisotopic (exact) mass is 318 g/mol. The summed E-state index contributed by atoms with van der Waals surface area (Å²) in [5.74, 6) is -0.199. The van der Waals surface area contributed by atoms with Crippen molar-refractivity contribution in [3.63, 3.8) is 0 Å². The maximum absolute atomic E-state index is 11.7. The van der Waals surface area contributed by atoms with Gasteiger partial charge in [0.15, 0.2) is 0 Å². The zero-order valence-electron chi connectivity index (χ0n) is 10.5. The van der Waals surface area contributed by atoms with Crippen LogP contribution in [0.2, 0.25) is 0 Å². The number of esters is 1. The highest BCUT2D eigenvalue weighted by atomic mass is 79.9. The molecule has 0 saturated carbocycles. The first-order valence-corrected chi connectivity index (χ1v) is 7.23. The summed E-state index contributed by atoms with van der Waals surface area (Å²) in [6.07, 6.45) is 0.315. The van der Waals surface area contributed by atoms with Gasteiger partial charge < -0.3 is 4.74 Å². The molecule has 2 rings (SSSR count). The smallest absolute Gasteiger partial charge is 0.310 e. The number of alkyl halides is 1. The lowest BCUT2D eigenvalue weighted by Crippen LogP contribution is -2.07. The van der Waals surface area contributed by atoms with E-state index in [4.69, 9.17) is 4.74 Å². The second-order valence-electron chi connectivity index (χ2n) is 4.27. The summed E-state index contributed by atoms with van der Waals surface area (Å²) < 4.78 is 5.24. The number of rotatable bonds is 5. The van der Waals surface area contributed by atoms with Gasteiger partial charge in [-0.25, -0.2) is 0 Å². The molecule has 19 heavy (non-hydrogen) atoms. The number of carbonyl (C=O) groups excluding carboxylic acids is 1. The van der Waals surface area contributed by atoms with Crippen molar-refractivity contribution in [2.45, 2.75) is 18.4 Å². The molecule has 0 unspecified atom stereocenters. The fourth-order valence-electron chi connectivity index (χ4n) is 1.70. The van der Waals surface area contributed by atoms with Crippen molar-refractivity contribution < 1.29 is 9.53 Å². The molecule has 0 aromatic heterocycles. The molecule has 2 aromatic rings. The number of hydrogen-bond donors (Lipinski definition) is 0. The van der Waals surface area contributed by atoms with Gasteiger partial charge in [-0.05, 0) is 16.7 Å². The second kappa shape index (κ2) is 7.10. The van der Waals surface area contributed by atoms with Crippen molar-refractivity contribution in [2.75, 3.05) is 0 Å². The maximum atomic E-state index is 11.7. The van der Waals surface area contributed by atoms with E-state index >= 15 is 0 Å². The van der Waals surface area contributed by atoms with Gasteiger partial charge in [0, 0.05) is 5.33 Å². The van der Waals surface area contributed by atoms with Crippen LogP contribution in [-0.4, -0.2) is 5.97 Å². The van der Waals surface area contributed by atoms with E-state index in [0.717, 1.165) is 16.5 Å². The van der Waals surface area contributed by atoms with Crippen LogP contribution in [0.1, 0.15) is 16.7 Å². The summed E-state index contributed by atoms with van der Waals surface area (Å²) in [7, 11) is 0. The van der Waals surface area contributed by atoms with Crippen LogP contribution in [0.15, 0.2) is 54.6 Å². The summed E-state index contributed by atoms with van der Waals surface area (Å²) >= 11 is 3.39. The van der Waals surface area contributed by atoms with E-state index in [1.807, 2.05) is 54.6 Å². The van der Waals surface area contributed by atoms with Crippen molar-refractivity contribution in [3.05, 3.63) is 71.3 Å². The third-order valence-corrected chi connectivity index (χ3v) is 3.42. The molecule has 2 nitrogen and oxygen atoms in total. The Labute approximate surface area is 121 Å². The molecule has 0 radical (unpaired) electrons. The largest absolute Gasteiger partial charge is 0.461 e. The van der Waals surface area contributed by atoms with Gasteiger partial charge in [0.1, 0.15) is 6.61 Å². The van der Waals surface area contributed by atoms with E-state index in [-0.39, 0.29) is 5.97 Å². The van der Waals surface area contributed by atoms with Gasteiger partial charge in [-0.3, -0.25) is 4.79 Å². The van der Waals surface area contributed by atoms with Crippen LogP contribution < -0.4 is 0 Å². The molecule has 0 amide bonds. The van der Waals surface area contributed by atoms with Crippen LogP contribution >= 0.6 is 15.9 Å². The number of carbonyl (C=O) groups is 1. The van der Waals surface area contributed by atoms with E-state index < -0.39 is 0 Å². The lowest BCUT2D eigenvalue weighted by atomic mass is 10.1. The van der Waals surface area contributed by atoms with Crippen LogP contribution in [0, 0.1) is 0 Å². The van der Waals surface area contributed by atoms with Gasteiger partial charge in [0.25, 0.3) is 0 Å². The zero-order valence-corrected chi connectivity index (χ0v) is 12.1. The highest BCUT2D eigenvalue weighted by Gasteiger charge is 2.05. The Morgan fingerprint density at radius 1 is 0.895 bits per heavy atom. The lowest BCUT2D eigenvalue weighted by Gasteiger charge is -2.05. The quantitative estimate of drug-likeness (QED) is 0.618. The highest BCUT2D eigenvalue weighted by Crippen LogP contribution is 2.09. The molecular formula is C16H15BrO2. The van der Waals surface area contributed by atoms with Gasteiger partial charge in [0.2, 0.25) is 0 Å². The fraction of sp³-hybridized carbons (Fsp3) is 0.188. The summed E-state index contributed by atoms with van der Waals surface area (Å²) in [5.41, 5.74) is 3.18. The van der Waals surface area contributed by atoms with Crippen molar-refractivity contribution in [2.24, 2.45) is 0 Å². The first-order chi connectivity index (χ1) is 9.28. The van der Waals surface area contributed by atoms with Gasteiger partial charge in [0.05, 0.1) is 6.42 Å². The Bertz CT molecular complexity index is 520. The second-order valence-corrected chi connectivity index (χ2v) is 4.83. The van der Waals surface area contributed by atoms with Crippen LogP contribution in [0.25, 0.3) is 0 Å². The molecule has 0 saturated heterocycles. The molecule has 0 aliphatic heterocycles. The topological polar surface area (TPSA) is 26.3 Å². The zero-order chi connectivity index (χ0) is 13.5. The first-order valence-electron chi connectivity index (χ1n) is 6.11. The molecular weight excluding hydrogens is 304 g/mol. The van der Waals surface area contributed by atoms with E-state index in [0.29, 0.717) is 13.0 Å². The Hall–Kier alpha value is -1.61. The standard InChI is InChI=1S/C16H15BrO2/c17-11-14-8-6-13(7-9-14)10-16(18)19-12-15-4-2-1-3-5-15/h1-9H,10-12H2. The van der Waals surface area contributed by atoms with E-state index in [9.17, 15) is 4.79 Å². The molecule has 0 bridgehead atoms. The van der Waals surface area contributed by atoms with Crippen LogP contribution in [0.3, 0.4) is 0 Å². The summed E-state index contributed by atoms with van der Waals surface area (Å²) in [6, 6.07) is 17.6. The Kier molecular flexibility index (Phi) is 5.16. The minimum Gasteiger partial charge on any atom is -0.461 e. The lowest BCUT2D eigenvalue weighted by molar-refractivity contribution is -0.144. The normalized spacial score (nSPS) is 10.2. The molecule has 0 aliphatic carbocycles. The van der Waals surface area contributed by atoms with Gasteiger partial charge >= 0.3 is 5.97 Å². The molecule has 0 fully saturated rings. The van der Waals surface area contributed by atoms with Crippen LogP contribution in [-0.2, 0) is 27.9 Å². The van der Waals surface area contributed by atoms with Gasteiger partial charge in [-0.2, -0.15) is 0 Å². The maximum Gasteiger partial charge on any atom is 0.310 e. The molecule has 0 N–H and O–H groups in total. The number of ether oxygens (including phenoxy) is 1. The van der Waals surface area contributed by atoms with E-state index in [1.165, 1.54) is 5.56 Å². The molecule has 0 spiro atoms. The SMILES string of the molecule is O=C(Cc1ccc(CBr)cc1)OCc1ccccc1. The van der Waals surface area contributed by atoms with Crippen LogP contribution in [0.4, 0.5) is 0 Å². The highest BCUT2D eigenvalue weighted by molar-refractivity contribution is 9.08. The summed E-state index contributed by atoms with van der Waals surface area (Å²) in [4.78, 5) is 11.7. The molecule has 0 heterocycles. The van der Waals surface area contributed by atoms with Crippen molar-refractivity contribution in [3.8, 4) is 0 Å². The number of hydrogen-bond acceptors (Lipinski definition) is 2. The Morgan fingerprint density at radius 3 is 2.16 bits per heavy atom. The Morgan fingerprint density at radius 2 is 1.53 bits per heavy atom. The fourth-order valence-corrected chi connectivity index (χ4v) is 2.08. The van der Waals surface area contributed by atoms with Gasteiger partial charge in [-0.15, -0.1) is 0 Å². The molecule has 98 valence electrons. The molecule has 2 aromatic carbocycles. The average molecular weight is 319 g/mol. The third kappa shape index (κ3) is 4.52. The van der Waals surface area contributed by atoms with E-state index in [2.05, 4.69) is 15.9 Å². The first kappa shape index (κ1) is 13.8. The minimum absolute atomic E-state index is 0.199. The molecule has 0 atom stereocenters. The number of halogens is 1. The van der Waals surface area contributed by atoms with Gasteiger partial charge in [-0.1, -0.05) is 70.5 Å². The third-order valence-electron chi connectivity index (χ3n) is 2.77. The predicted molar refractivity (Wildman–Crippen MR) is 79.0 cm³/mol. The summed E-state index contributed by atoms with van der Waals surface area (Å²) in [5, 5.41) is 0.825. The van der Waals surface area contributed by atoms with E-state index in [1.54, 1.807) is 0 Å². The minimum atomic E-state index is -0.199. The number of benzene rings is 2. The summed E-state index contributed by atoms with van der Waals surface area (Å²) in [6.45, 7) is 0.332. The Balaban J connectivity index is 1.83. The average Bonchev–Trinajstić information content (AvgIpc) is 2.47. The molecule has 3 heteroatoms. The van der Waals surface area contributed by atoms with Crippen molar-refractivity contribution >= 4 is 21.9 Å². The molecule has 0 aliphatic rings. The van der Waals surface area contributed by atoms with Crippen molar-refractivity contribution in [1.82, 2.24) is 0 Å².